The van der Waals surface area contributed by atoms with Gasteiger partial charge in [0.1, 0.15) is 5.78 Å². The molecular formula is C11H19N3O. The fraction of sp³-hybridized carbons (Fsp3) is 0.909. The summed E-state index contributed by atoms with van der Waals surface area (Å²) in [4.78, 5) is 11.3. The summed E-state index contributed by atoms with van der Waals surface area (Å²) < 4.78 is 0. The quantitative estimate of drug-likeness (QED) is 0.560. The molecular weight excluding hydrogens is 190 g/mol. The van der Waals surface area contributed by atoms with Crippen LogP contribution >= 0.6 is 0 Å². The van der Waals surface area contributed by atoms with E-state index in [9.17, 15) is 4.79 Å². The lowest BCUT2D eigenvalue weighted by Crippen LogP contribution is -2.51. The predicted octanol–water partition coefficient (Wildman–Crippen LogP) is -0.191. The Bertz CT molecular complexity index is 281. The summed E-state index contributed by atoms with van der Waals surface area (Å²) in [5, 5.41) is 10.5. The van der Waals surface area contributed by atoms with Gasteiger partial charge in [0.05, 0.1) is 18.4 Å². The molecule has 5 unspecified atom stereocenters. The third kappa shape index (κ3) is 1.51. The summed E-state index contributed by atoms with van der Waals surface area (Å²) in [6, 6.07) is 0.0929. The Balaban J connectivity index is 1.72. The van der Waals surface area contributed by atoms with E-state index < -0.39 is 0 Å². The second kappa shape index (κ2) is 3.54. The first kappa shape index (κ1) is 9.75. The Labute approximate surface area is 90.2 Å². The summed E-state index contributed by atoms with van der Waals surface area (Å²) in [6.45, 7) is 2.82. The molecule has 0 aliphatic carbocycles. The van der Waals surface area contributed by atoms with Crippen LogP contribution < -0.4 is 16.0 Å². The molecule has 0 amide bonds. The Morgan fingerprint density at radius 3 is 2.87 bits per heavy atom. The van der Waals surface area contributed by atoms with Gasteiger partial charge in [-0.15, -0.1) is 0 Å². The molecule has 4 nitrogen and oxygen atoms in total. The second-order valence-electron chi connectivity index (χ2n) is 5.11. The molecule has 84 valence electrons. The summed E-state index contributed by atoms with van der Waals surface area (Å²) in [7, 11) is 0. The van der Waals surface area contributed by atoms with Crippen LogP contribution in [0.2, 0.25) is 0 Å². The van der Waals surface area contributed by atoms with Crippen molar-refractivity contribution >= 4 is 5.78 Å². The number of nitrogens with one attached hydrogen (secondary N) is 3. The lowest BCUT2D eigenvalue weighted by Gasteiger charge is -2.29. The van der Waals surface area contributed by atoms with E-state index in [1.54, 1.807) is 6.92 Å². The highest BCUT2D eigenvalue weighted by Crippen LogP contribution is 2.38. The van der Waals surface area contributed by atoms with Crippen molar-refractivity contribution in [1.82, 2.24) is 16.0 Å². The van der Waals surface area contributed by atoms with Crippen LogP contribution in [0.3, 0.4) is 0 Å². The molecule has 0 aromatic rings. The number of carbonyl (C=O) groups excluding carboxylic acids is 1. The monoisotopic (exact) mass is 209 g/mol. The lowest BCUT2D eigenvalue weighted by atomic mass is 9.84. The van der Waals surface area contributed by atoms with Gasteiger partial charge in [-0.3, -0.25) is 15.4 Å². The van der Waals surface area contributed by atoms with Crippen LogP contribution in [0.25, 0.3) is 0 Å². The third-order valence-corrected chi connectivity index (χ3v) is 4.22. The number of Topliss-reactive ketones (excluding diaryl/α,β-unsaturated/α-hetero) is 1. The number of piperidine rings is 1. The van der Waals surface area contributed by atoms with Gasteiger partial charge in [0.15, 0.2) is 0 Å². The topological polar surface area (TPSA) is 53.2 Å². The maximum Gasteiger partial charge on any atom is 0.146 e. The van der Waals surface area contributed by atoms with Gasteiger partial charge in [-0.05, 0) is 44.6 Å². The zero-order valence-electron chi connectivity index (χ0n) is 9.12. The number of hydrogen-bond donors (Lipinski definition) is 3. The van der Waals surface area contributed by atoms with Crippen LogP contribution in [0.15, 0.2) is 0 Å². The van der Waals surface area contributed by atoms with Gasteiger partial charge in [0, 0.05) is 0 Å². The minimum atomic E-state index is 0.0929. The molecule has 3 aliphatic heterocycles. The van der Waals surface area contributed by atoms with Crippen LogP contribution in [0.4, 0.5) is 0 Å². The van der Waals surface area contributed by atoms with Gasteiger partial charge in [0.2, 0.25) is 0 Å². The number of fused-ring (bicyclic) bond motifs is 3. The second-order valence-corrected chi connectivity index (χ2v) is 5.11. The van der Waals surface area contributed by atoms with Crippen LogP contribution in [0, 0.1) is 11.8 Å². The van der Waals surface area contributed by atoms with Crippen molar-refractivity contribution < 1.29 is 4.79 Å². The van der Waals surface area contributed by atoms with Crippen molar-refractivity contribution in [1.29, 1.82) is 0 Å². The minimum absolute atomic E-state index is 0.0929. The molecule has 0 saturated carbocycles. The molecule has 4 heteroatoms. The smallest absolute Gasteiger partial charge is 0.146 e. The first-order valence-corrected chi connectivity index (χ1v) is 6.01. The highest BCUT2D eigenvalue weighted by Gasteiger charge is 2.49. The molecule has 0 bridgehead atoms. The molecule has 0 spiro atoms. The minimum Gasteiger partial charge on any atom is -0.302 e. The molecule has 3 saturated heterocycles. The zero-order chi connectivity index (χ0) is 10.4. The molecule has 3 heterocycles. The zero-order valence-corrected chi connectivity index (χ0v) is 9.12. The molecule has 5 atom stereocenters. The molecule has 3 N–H and O–H groups in total. The van der Waals surface area contributed by atoms with Gasteiger partial charge < -0.3 is 5.32 Å². The maximum absolute atomic E-state index is 11.3. The third-order valence-electron chi connectivity index (χ3n) is 4.22. The molecule has 3 aliphatic rings. The van der Waals surface area contributed by atoms with E-state index in [1.165, 1.54) is 12.8 Å². The Hall–Kier alpha value is -0.450. The maximum atomic E-state index is 11.3. The van der Waals surface area contributed by atoms with E-state index in [4.69, 9.17) is 0 Å². The van der Waals surface area contributed by atoms with E-state index in [1.807, 2.05) is 0 Å². The average Bonchev–Trinajstić information content (AvgIpc) is 2.73. The fourth-order valence-corrected chi connectivity index (χ4v) is 3.44. The van der Waals surface area contributed by atoms with Crippen LogP contribution in [-0.4, -0.2) is 30.7 Å². The Kier molecular flexibility index (Phi) is 2.30. The molecule has 3 rings (SSSR count). The Morgan fingerprint density at radius 2 is 2.07 bits per heavy atom. The van der Waals surface area contributed by atoms with Crippen molar-refractivity contribution in [2.75, 3.05) is 6.54 Å². The van der Waals surface area contributed by atoms with E-state index in [-0.39, 0.29) is 11.8 Å². The molecule has 15 heavy (non-hydrogen) atoms. The standard InChI is InChI=1S/C11H19N3O/c1-6(15)9-5-8-7-3-2-4-12-10(7)14-11(8)13-9/h7-14H,2-5H2,1H3. The van der Waals surface area contributed by atoms with Crippen LogP contribution in [0.5, 0.6) is 0 Å². The van der Waals surface area contributed by atoms with Gasteiger partial charge in [0.25, 0.3) is 0 Å². The molecule has 0 radical (unpaired) electrons. The van der Waals surface area contributed by atoms with Crippen molar-refractivity contribution in [3.8, 4) is 0 Å². The molecule has 0 aromatic carbocycles. The predicted molar refractivity (Wildman–Crippen MR) is 57.2 cm³/mol. The molecule has 3 fully saturated rings. The van der Waals surface area contributed by atoms with E-state index >= 15 is 0 Å². The number of ketones is 1. The average molecular weight is 209 g/mol. The summed E-state index contributed by atoms with van der Waals surface area (Å²) >= 11 is 0. The fourth-order valence-electron chi connectivity index (χ4n) is 3.44. The SMILES string of the molecule is CC(=O)C1CC2C(N1)NC1NCCCC12. The number of rotatable bonds is 1. The van der Waals surface area contributed by atoms with Gasteiger partial charge in [-0.1, -0.05) is 0 Å². The number of carbonyl (C=O) groups is 1. The van der Waals surface area contributed by atoms with Gasteiger partial charge in [-0.25, -0.2) is 0 Å². The largest absolute Gasteiger partial charge is 0.302 e. The lowest BCUT2D eigenvalue weighted by molar-refractivity contribution is -0.118. The molecule has 0 aromatic heterocycles. The van der Waals surface area contributed by atoms with Crippen molar-refractivity contribution in [3.05, 3.63) is 0 Å². The van der Waals surface area contributed by atoms with Crippen LogP contribution in [0.1, 0.15) is 26.2 Å². The van der Waals surface area contributed by atoms with Gasteiger partial charge >= 0.3 is 0 Å². The summed E-state index contributed by atoms with van der Waals surface area (Å²) in [5.41, 5.74) is 0. The first-order valence-electron chi connectivity index (χ1n) is 6.01. The van der Waals surface area contributed by atoms with E-state index in [0.717, 1.165) is 18.9 Å². The van der Waals surface area contributed by atoms with Crippen LogP contribution in [-0.2, 0) is 4.79 Å². The summed E-state index contributed by atoms with van der Waals surface area (Å²) in [5.74, 6) is 1.66. The van der Waals surface area contributed by atoms with Crippen molar-refractivity contribution in [3.63, 3.8) is 0 Å². The van der Waals surface area contributed by atoms with Crippen molar-refractivity contribution in [2.24, 2.45) is 11.8 Å². The first-order chi connectivity index (χ1) is 7.25. The van der Waals surface area contributed by atoms with E-state index in [2.05, 4.69) is 16.0 Å². The van der Waals surface area contributed by atoms with Crippen molar-refractivity contribution in [2.45, 2.75) is 44.6 Å². The number of hydrogen-bond acceptors (Lipinski definition) is 4. The van der Waals surface area contributed by atoms with E-state index in [0.29, 0.717) is 18.2 Å². The van der Waals surface area contributed by atoms with Gasteiger partial charge in [-0.2, -0.15) is 0 Å². The Morgan fingerprint density at radius 1 is 1.20 bits per heavy atom. The highest BCUT2D eigenvalue weighted by atomic mass is 16.1. The highest BCUT2D eigenvalue weighted by molar-refractivity contribution is 5.81. The normalized spacial score (nSPS) is 48.7. The summed E-state index contributed by atoms with van der Waals surface area (Å²) in [6.07, 6.45) is 4.44.